The molecule has 0 bridgehead atoms. The Hall–Kier alpha value is -5.32. The molecule has 0 atom stereocenters. The number of furan rings is 1. The van der Waals surface area contributed by atoms with Gasteiger partial charge in [-0.1, -0.05) is 115 Å². The molecular formula is C38H22BO3. The second-order valence-corrected chi connectivity index (χ2v) is 10.9. The van der Waals surface area contributed by atoms with Gasteiger partial charge in [-0.05, 0) is 71.9 Å². The number of fused-ring (bicyclic) bond motifs is 5. The Kier molecular flexibility index (Phi) is 4.92. The second kappa shape index (κ2) is 8.84. The maximum Gasteiger partial charge on any atom is 0.569 e. The highest BCUT2D eigenvalue weighted by Gasteiger charge is 2.19. The average Bonchev–Trinajstić information content (AvgIpc) is 3.44. The molecule has 0 aliphatic rings. The van der Waals surface area contributed by atoms with Crippen molar-refractivity contribution < 1.29 is 14.1 Å². The van der Waals surface area contributed by atoms with Gasteiger partial charge >= 0.3 is 7.69 Å². The van der Waals surface area contributed by atoms with E-state index >= 15 is 0 Å². The summed E-state index contributed by atoms with van der Waals surface area (Å²) in [5.41, 5.74) is 5.85. The van der Waals surface area contributed by atoms with Crippen molar-refractivity contribution in [1.29, 1.82) is 0 Å². The minimum absolute atomic E-state index is 0.482. The molecule has 1 aromatic heterocycles. The third-order valence-corrected chi connectivity index (χ3v) is 8.65. The quantitative estimate of drug-likeness (QED) is 0.180. The van der Waals surface area contributed by atoms with E-state index in [1.165, 1.54) is 37.9 Å². The summed E-state index contributed by atoms with van der Waals surface area (Å²) in [7, 11) is 0.706. The normalized spacial score (nSPS) is 11.9. The number of hydrogen-bond donors (Lipinski definition) is 1. The van der Waals surface area contributed by atoms with Crippen LogP contribution in [0.5, 0.6) is 5.75 Å². The molecule has 1 heterocycles. The van der Waals surface area contributed by atoms with Crippen LogP contribution < -0.4 is 4.65 Å². The van der Waals surface area contributed by atoms with E-state index in [0.717, 1.165) is 43.8 Å². The molecule has 9 rings (SSSR count). The molecule has 0 saturated carbocycles. The standard InChI is InChI=1S/C38H22BO3/c40-39-42-33-21-27-6-1-2-11-29(27)36-32-13-5-12-30(37(32)41-38(33)36)26-10-4-9-25(20-26)28-18-16-24-15-14-22-7-3-8-23-17-19-31(28)35(24)34(22)23/h1-21,40H. The minimum Gasteiger partial charge on any atom is -0.535 e. The molecule has 0 aliphatic heterocycles. The highest BCUT2D eigenvalue weighted by Crippen LogP contribution is 2.44. The van der Waals surface area contributed by atoms with E-state index in [2.05, 4.69) is 103 Å². The molecule has 0 saturated heterocycles. The fourth-order valence-corrected chi connectivity index (χ4v) is 6.83. The van der Waals surface area contributed by atoms with Gasteiger partial charge in [0, 0.05) is 16.3 Å². The Bertz CT molecular complexity index is 2470. The van der Waals surface area contributed by atoms with Crippen molar-refractivity contribution in [2.45, 2.75) is 0 Å². The van der Waals surface area contributed by atoms with E-state index in [1.54, 1.807) is 0 Å². The van der Waals surface area contributed by atoms with E-state index in [-0.39, 0.29) is 0 Å². The van der Waals surface area contributed by atoms with Crippen molar-refractivity contribution in [2.24, 2.45) is 0 Å². The van der Waals surface area contributed by atoms with Crippen LogP contribution >= 0.6 is 0 Å². The number of hydrogen-bond acceptors (Lipinski definition) is 3. The molecular weight excluding hydrogens is 515 g/mol. The molecule has 3 nitrogen and oxygen atoms in total. The van der Waals surface area contributed by atoms with Gasteiger partial charge in [-0.25, -0.2) is 0 Å². The Balaban J connectivity index is 1.28. The second-order valence-electron chi connectivity index (χ2n) is 10.9. The van der Waals surface area contributed by atoms with Gasteiger partial charge in [0.15, 0.2) is 5.58 Å². The maximum atomic E-state index is 9.47. The summed E-state index contributed by atoms with van der Waals surface area (Å²) in [5, 5.41) is 21.2. The first-order valence-electron chi connectivity index (χ1n) is 14.1. The first-order chi connectivity index (χ1) is 20.8. The lowest BCUT2D eigenvalue weighted by molar-refractivity contribution is 0.451. The molecule has 1 radical (unpaired) electrons. The fourth-order valence-electron chi connectivity index (χ4n) is 6.83. The van der Waals surface area contributed by atoms with Crippen molar-refractivity contribution >= 4 is 72.7 Å². The average molecular weight is 537 g/mol. The highest BCUT2D eigenvalue weighted by molar-refractivity contribution is 6.26. The summed E-state index contributed by atoms with van der Waals surface area (Å²) >= 11 is 0. The zero-order valence-electron chi connectivity index (χ0n) is 22.5. The van der Waals surface area contributed by atoms with Gasteiger partial charge in [0.2, 0.25) is 0 Å². The third-order valence-electron chi connectivity index (χ3n) is 8.65. The zero-order valence-corrected chi connectivity index (χ0v) is 22.5. The summed E-state index contributed by atoms with van der Waals surface area (Å²) in [5.74, 6) is 0.482. The van der Waals surface area contributed by atoms with Crippen LogP contribution in [0.4, 0.5) is 0 Å². The summed E-state index contributed by atoms with van der Waals surface area (Å²) in [4.78, 5) is 0. The van der Waals surface area contributed by atoms with Crippen LogP contribution in [0.15, 0.2) is 132 Å². The molecule has 8 aromatic carbocycles. The van der Waals surface area contributed by atoms with Crippen LogP contribution in [0.3, 0.4) is 0 Å². The monoisotopic (exact) mass is 537 g/mol. The summed E-state index contributed by atoms with van der Waals surface area (Å²) in [6.45, 7) is 0. The van der Waals surface area contributed by atoms with Crippen molar-refractivity contribution in [3.63, 3.8) is 0 Å². The predicted molar refractivity (Wildman–Crippen MR) is 174 cm³/mol. The van der Waals surface area contributed by atoms with E-state index in [1.807, 2.05) is 24.3 Å². The van der Waals surface area contributed by atoms with Gasteiger partial charge in [-0.15, -0.1) is 0 Å². The van der Waals surface area contributed by atoms with E-state index in [4.69, 9.17) is 9.07 Å². The van der Waals surface area contributed by atoms with Crippen LogP contribution in [-0.4, -0.2) is 12.7 Å². The van der Waals surface area contributed by atoms with Gasteiger partial charge in [0.05, 0.1) is 0 Å². The molecule has 0 unspecified atom stereocenters. The molecule has 0 amide bonds. The predicted octanol–water partition coefficient (Wildman–Crippen LogP) is 9.88. The number of para-hydroxylation sites is 1. The molecule has 9 aromatic rings. The molecule has 42 heavy (non-hydrogen) atoms. The lowest BCUT2D eigenvalue weighted by Crippen LogP contribution is -1.99. The minimum atomic E-state index is 0.482. The Morgan fingerprint density at radius 1 is 0.476 bits per heavy atom. The van der Waals surface area contributed by atoms with Gasteiger partial charge in [-0.3, -0.25) is 0 Å². The Labute approximate surface area is 241 Å². The Morgan fingerprint density at radius 3 is 2.00 bits per heavy atom. The summed E-state index contributed by atoms with van der Waals surface area (Å²) in [6.07, 6.45) is 0. The van der Waals surface area contributed by atoms with Crippen LogP contribution in [0.1, 0.15) is 0 Å². The van der Waals surface area contributed by atoms with E-state index in [9.17, 15) is 5.02 Å². The van der Waals surface area contributed by atoms with Gasteiger partial charge in [0.1, 0.15) is 11.3 Å². The molecule has 1 N–H and O–H groups in total. The van der Waals surface area contributed by atoms with Crippen molar-refractivity contribution in [3.8, 4) is 28.0 Å². The molecule has 0 aliphatic carbocycles. The molecule has 4 heteroatoms. The van der Waals surface area contributed by atoms with Crippen LogP contribution in [-0.2, 0) is 0 Å². The number of rotatable bonds is 4. The maximum absolute atomic E-state index is 9.47. The molecule has 0 fully saturated rings. The fraction of sp³-hybridized carbons (Fsp3) is 0. The summed E-state index contributed by atoms with van der Waals surface area (Å²) < 4.78 is 12.1. The zero-order chi connectivity index (χ0) is 27.8. The number of benzene rings is 8. The Morgan fingerprint density at radius 2 is 1.14 bits per heavy atom. The molecule has 0 spiro atoms. The topological polar surface area (TPSA) is 42.6 Å². The third kappa shape index (κ3) is 3.27. The molecule has 195 valence electrons. The first kappa shape index (κ1) is 23.4. The summed E-state index contributed by atoms with van der Waals surface area (Å²) in [6, 6.07) is 45.0. The lowest BCUT2D eigenvalue weighted by Gasteiger charge is -2.14. The van der Waals surface area contributed by atoms with Crippen LogP contribution in [0, 0.1) is 0 Å². The lowest BCUT2D eigenvalue weighted by atomic mass is 9.89. The van der Waals surface area contributed by atoms with E-state index < -0.39 is 0 Å². The van der Waals surface area contributed by atoms with Gasteiger partial charge in [-0.2, -0.15) is 0 Å². The van der Waals surface area contributed by atoms with Crippen LogP contribution in [0.2, 0.25) is 0 Å². The van der Waals surface area contributed by atoms with Gasteiger partial charge < -0.3 is 14.1 Å². The van der Waals surface area contributed by atoms with E-state index in [0.29, 0.717) is 19.0 Å². The first-order valence-corrected chi connectivity index (χ1v) is 14.1. The van der Waals surface area contributed by atoms with Crippen molar-refractivity contribution in [1.82, 2.24) is 0 Å². The SMILES string of the molecule is O[B]Oc1cc2ccccc2c2c1oc1c(-c3cccc(-c4ccc5ccc6cccc7ccc4c5c67)c3)cccc12. The smallest absolute Gasteiger partial charge is 0.535 e. The van der Waals surface area contributed by atoms with Crippen molar-refractivity contribution in [2.75, 3.05) is 0 Å². The largest absolute Gasteiger partial charge is 0.569 e. The van der Waals surface area contributed by atoms with Crippen molar-refractivity contribution in [3.05, 3.63) is 127 Å². The highest BCUT2D eigenvalue weighted by atomic mass is 16.5. The van der Waals surface area contributed by atoms with Gasteiger partial charge in [0.25, 0.3) is 0 Å². The van der Waals surface area contributed by atoms with Crippen LogP contribution in [0.25, 0.3) is 87.3 Å².